The maximum absolute atomic E-state index is 8.82. The first-order valence-corrected chi connectivity index (χ1v) is 2.61. The highest BCUT2D eigenvalue weighted by molar-refractivity contribution is 5.33. The lowest BCUT2D eigenvalue weighted by Gasteiger charge is -1.87. The normalized spacial score (nSPS) is 10.4. The van der Waals surface area contributed by atoms with E-state index in [1.165, 1.54) is 6.07 Å². The third-order valence-electron chi connectivity index (χ3n) is 1.06. The van der Waals surface area contributed by atoms with E-state index in [-0.39, 0.29) is 5.88 Å². The van der Waals surface area contributed by atoms with E-state index >= 15 is 0 Å². The van der Waals surface area contributed by atoms with E-state index in [2.05, 4.69) is 20.6 Å². The summed E-state index contributed by atoms with van der Waals surface area (Å²) in [6.07, 6.45) is 0. The third kappa shape index (κ3) is 0.586. The van der Waals surface area contributed by atoms with Crippen LogP contribution < -0.4 is 0 Å². The minimum absolute atomic E-state index is 0.0974. The van der Waals surface area contributed by atoms with Crippen LogP contribution in [0.4, 0.5) is 0 Å². The van der Waals surface area contributed by atoms with Crippen molar-refractivity contribution in [2.24, 2.45) is 0 Å². The quantitative estimate of drug-likeness (QED) is 0.515. The molecule has 0 unspecified atom stereocenters. The monoisotopic (exact) mass is 137 g/mol. The van der Waals surface area contributed by atoms with Crippen LogP contribution in [0.2, 0.25) is 0 Å². The molecule has 0 aromatic carbocycles. The van der Waals surface area contributed by atoms with Gasteiger partial charge in [-0.25, -0.2) is 0 Å². The van der Waals surface area contributed by atoms with Crippen molar-refractivity contribution < 1.29 is 5.11 Å². The molecule has 6 nitrogen and oxygen atoms in total. The highest BCUT2D eigenvalue weighted by Crippen LogP contribution is 2.01. The molecule has 0 saturated heterocycles. The number of hydrogen-bond donors (Lipinski definition) is 1. The SMILES string of the molecule is Oc1ccc2nnnn2n1. The Kier molecular flexibility index (Phi) is 0.830. The Hall–Kier alpha value is -1.72. The number of rotatable bonds is 0. The number of aromatic hydroxyl groups is 1. The first kappa shape index (κ1) is 5.10. The first-order valence-electron chi connectivity index (χ1n) is 2.61. The number of tetrazole rings is 1. The summed E-state index contributed by atoms with van der Waals surface area (Å²) in [6.45, 7) is 0. The highest BCUT2D eigenvalue weighted by atomic mass is 16.3. The molecule has 0 spiro atoms. The minimum Gasteiger partial charge on any atom is -0.492 e. The molecule has 2 heterocycles. The van der Waals surface area contributed by atoms with Crippen molar-refractivity contribution >= 4 is 5.65 Å². The van der Waals surface area contributed by atoms with E-state index in [1.54, 1.807) is 6.07 Å². The molecule has 0 bridgehead atoms. The van der Waals surface area contributed by atoms with Gasteiger partial charge >= 0.3 is 0 Å². The summed E-state index contributed by atoms with van der Waals surface area (Å²) in [4.78, 5) is 0. The molecule has 2 rings (SSSR count). The lowest BCUT2D eigenvalue weighted by atomic mass is 10.5. The summed E-state index contributed by atoms with van der Waals surface area (Å²) >= 11 is 0. The summed E-state index contributed by atoms with van der Waals surface area (Å²) in [5.41, 5.74) is 0.512. The molecular formula is C4H3N5O. The van der Waals surface area contributed by atoms with Gasteiger partial charge in [-0.1, -0.05) is 0 Å². The Labute approximate surface area is 55.1 Å². The predicted octanol–water partition coefficient (Wildman–Crippen LogP) is -0.775. The zero-order chi connectivity index (χ0) is 6.97. The van der Waals surface area contributed by atoms with Gasteiger partial charge in [-0.05, 0) is 16.5 Å². The zero-order valence-corrected chi connectivity index (χ0v) is 4.84. The van der Waals surface area contributed by atoms with Gasteiger partial charge in [-0.15, -0.1) is 14.8 Å². The maximum Gasteiger partial charge on any atom is 0.231 e. The Balaban J connectivity index is 2.86. The zero-order valence-electron chi connectivity index (χ0n) is 4.84. The molecule has 2 aromatic heterocycles. The Morgan fingerprint density at radius 3 is 3.20 bits per heavy atom. The van der Waals surface area contributed by atoms with Gasteiger partial charge in [0.25, 0.3) is 0 Å². The Bertz CT molecular complexity index is 355. The van der Waals surface area contributed by atoms with Gasteiger partial charge in [0.05, 0.1) is 0 Å². The van der Waals surface area contributed by atoms with Crippen LogP contribution in [0.1, 0.15) is 0 Å². The highest BCUT2D eigenvalue weighted by Gasteiger charge is 1.96. The van der Waals surface area contributed by atoms with Crippen molar-refractivity contribution in [1.29, 1.82) is 0 Å². The lowest BCUT2D eigenvalue weighted by molar-refractivity contribution is 0.436. The van der Waals surface area contributed by atoms with Crippen molar-refractivity contribution in [2.75, 3.05) is 0 Å². The molecule has 0 saturated carbocycles. The van der Waals surface area contributed by atoms with Crippen molar-refractivity contribution in [3.8, 4) is 5.88 Å². The van der Waals surface area contributed by atoms with Crippen LogP contribution in [0.3, 0.4) is 0 Å². The van der Waals surface area contributed by atoms with Crippen LogP contribution in [0.5, 0.6) is 5.88 Å². The van der Waals surface area contributed by atoms with Gasteiger partial charge in [-0.2, -0.15) is 0 Å². The van der Waals surface area contributed by atoms with Crippen LogP contribution in [-0.4, -0.2) is 30.4 Å². The van der Waals surface area contributed by atoms with Gasteiger partial charge in [-0.3, -0.25) is 0 Å². The largest absolute Gasteiger partial charge is 0.492 e. The van der Waals surface area contributed by atoms with Crippen LogP contribution in [0.15, 0.2) is 12.1 Å². The summed E-state index contributed by atoms with van der Waals surface area (Å²) < 4.78 is 1.15. The fourth-order valence-corrected chi connectivity index (χ4v) is 0.640. The van der Waals surface area contributed by atoms with E-state index in [9.17, 15) is 0 Å². The second-order valence-electron chi connectivity index (χ2n) is 1.72. The van der Waals surface area contributed by atoms with E-state index in [4.69, 9.17) is 5.11 Å². The van der Waals surface area contributed by atoms with E-state index in [0.29, 0.717) is 5.65 Å². The summed E-state index contributed by atoms with van der Waals surface area (Å²) in [5.74, 6) is -0.0974. The molecule has 0 fully saturated rings. The fraction of sp³-hybridized carbons (Fsp3) is 0. The number of nitrogens with zero attached hydrogens (tertiary/aromatic N) is 5. The van der Waals surface area contributed by atoms with Gasteiger partial charge < -0.3 is 5.11 Å². The standard InChI is InChI=1S/C4H3N5O/c10-4-2-1-3-5-7-8-9(3)6-4/h1-2H,(H,6,10). The molecule has 1 N–H and O–H groups in total. The Morgan fingerprint density at radius 2 is 2.30 bits per heavy atom. The average Bonchev–Trinajstić information content (AvgIpc) is 2.33. The maximum atomic E-state index is 8.82. The van der Waals surface area contributed by atoms with Crippen molar-refractivity contribution in [3.05, 3.63) is 12.1 Å². The van der Waals surface area contributed by atoms with E-state index in [1.807, 2.05) is 0 Å². The number of aromatic nitrogens is 5. The Morgan fingerprint density at radius 1 is 1.40 bits per heavy atom. The van der Waals surface area contributed by atoms with E-state index < -0.39 is 0 Å². The summed E-state index contributed by atoms with van der Waals surface area (Å²) in [5, 5.41) is 22.8. The van der Waals surface area contributed by atoms with Gasteiger partial charge in [0.2, 0.25) is 5.88 Å². The van der Waals surface area contributed by atoms with Crippen LogP contribution in [0, 0.1) is 0 Å². The fourth-order valence-electron chi connectivity index (χ4n) is 0.640. The van der Waals surface area contributed by atoms with Gasteiger partial charge in [0.15, 0.2) is 5.65 Å². The number of fused-ring (bicyclic) bond motifs is 1. The molecule has 6 heteroatoms. The van der Waals surface area contributed by atoms with Crippen LogP contribution in [-0.2, 0) is 0 Å². The molecular weight excluding hydrogens is 134 g/mol. The molecule has 0 aliphatic heterocycles. The minimum atomic E-state index is -0.0974. The molecule has 0 radical (unpaired) electrons. The second-order valence-corrected chi connectivity index (χ2v) is 1.72. The second kappa shape index (κ2) is 1.63. The van der Waals surface area contributed by atoms with Crippen molar-refractivity contribution in [1.82, 2.24) is 25.3 Å². The topological polar surface area (TPSA) is 76.2 Å². The molecule has 50 valence electrons. The van der Waals surface area contributed by atoms with Crippen LogP contribution >= 0.6 is 0 Å². The van der Waals surface area contributed by atoms with Gasteiger partial charge in [0, 0.05) is 6.07 Å². The molecule has 2 aromatic rings. The molecule has 0 aliphatic rings. The molecule has 0 aliphatic carbocycles. The smallest absolute Gasteiger partial charge is 0.231 e. The predicted molar refractivity (Wildman–Crippen MR) is 30.2 cm³/mol. The summed E-state index contributed by atoms with van der Waals surface area (Å²) in [6, 6.07) is 2.99. The van der Waals surface area contributed by atoms with E-state index in [0.717, 1.165) is 4.63 Å². The lowest BCUT2D eigenvalue weighted by Crippen LogP contribution is -1.92. The van der Waals surface area contributed by atoms with Crippen LogP contribution in [0.25, 0.3) is 5.65 Å². The molecule has 10 heavy (non-hydrogen) atoms. The van der Waals surface area contributed by atoms with Gasteiger partial charge in [0.1, 0.15) is 0 Å². The van der Waals surface area contributed by atoms with Crippen molar-refractivity contribution in [2.45, 2.75) is 0 Å². The first-order chi connectivity index (χ1) is 4.86. The average molecular weight is 137 g/mol. The molecule has 0 atom stereocenters. The third-order valence-corrected chi connectivity index (χ3v) is 1.06. The molecule has 0 amide bonds. The summed E-state index contributed by atoms with van der Waals surface area (Å²) in [7, 11) is 0. The number of hydrogen-bond acceptors (Lipinski definition) is 5. The van der Waals surface area contributed by atoms with Crippen molar-refractivity contribution in [3.63, 3.8) is 0 Å².